The summed E-state index contributed by atoms with van der Waals surface area (Å²) in [6.07, 6.45) is -0.557. The summed E-state index contributed by atoms with van der Waals surface area (Å²) in [5.74, 6) is 1.03. The second kappa shape index (κ2) is 8.60. The van der Waals surface area contributed by atoms with E-state index in [2.05, 4.69) is 64.2 Å². The van der Waals surface area contributed by atoms with Crippen LogP contribution in [0.1, 0.15) is 73.0 Å². The first-order valence-electron chi connectivity index (χ1n) is 9.75. The summed E-state index contributed by atoms with van der Waals surface area (Å²) in [6, 6.07) is 10.5. The van der Waals surface area contributed by atoms with Crippen molar-refractivity contribution in [3.8, 4) is 5.75 Å². The molecule has 0 heterocycles. The number of nitrogens with one attached hydrogen (secondary N) is 1. The zero-order valence-electron chi connectivity index (χ0n) is 17.9. The van der Waals surface area contributed by atoms with Gasteiger partial charge in [-0.05, 0) is 86.9 Å². The van der Waals surface area contributed by atoms with Gasteiger partial charge < -0.3 is 10.1 Å². The normalized spacial score (nSPS) is 13.4. The first kappa shape index (κ1) is 21.0. The fourth-order valence-corrected chi connectivity index (χ4v) is 3.32. The molecule has 1 N–H and O–H groups in total. The minimum absolute atomic E-state index is 0.0649. The molecule has 0 fully saturated rings. The van der Waals surface area contributed by atoms with Crippen molar-refractivity contribution in [2.75, 3.05) is 0 Å². The number of carbonyl (C=O) groups is 1. The maximum Gasteiger partial charge on any atom is 0.261 e. The van der Waals surface area contributed by atoms with E-state index in [0.29, 0.717) is 5.92 Å². The molecule has 27 heavy (non-hydrogen) atoms. The van der Waals surface area contributed by atoms with Crippen LogP contribution in [0, 0.1) is 27.7 Å². The van der Waals surface area contributed by atoms with Crippen LogP contribution in [0.4, 0.5) is 0 Å². The number of rotatable bonds is 6. The standard InChI is InChI=1S/C24H33NO2/c1-14(2)21-10-9-15(3)11-23(21)27-20(8)24(26)25-19(7)22-13-17(5)16(4)12-18(22)6/h9-14,19-20H,1-8H3,(H,25,26)/t19-,20-/m0/s1. The molecular weight excluding hydrogens is 334 g/mol. The third kappa shape index (κ3) is 5.12. The summed E-state index contributed by atoms with van der Waals surface area (Å²) in [5.41, 5.74) is 7.10. The van der Waals surface area contributed by atoms with Crippen LogP contribution in [0.15, 0.2) is 30.3 Å². The van der Waals surface area contributed by atoms with Gasteiger partial charge in [-0.1, -0.05) is 38.1 Å². The van der Waals surface area contributed by atoms with Gasteiger partial charge in [-0.3, -0.25) is 4.79 Å². The Bertz CT molecular complexity index is 823. The van der Waals surface area contributed by atoms with E-state index in [9.17, 15) is 4.79 Å². The van der Waals surface area contributed by atoms with Gasteiger partial charge in [-0.15, -0.1) is 0 Å². The Labute approximate surface area is 164 Å². The molecule has 2 rings (SSSR count). The fraction of sp³-hybridized carbons (Fsp3) is 0.458. The SMILES string of the molecule is Cc1ccc(C(C)C)c(O[C@@H](C)C(=O)N[C@@H](C)c2cc(C)c(C)cc2C)c1. The maximum atomic E-state index is 12.7. The van der Waals surface area contributed by atoms with Gasteiger partial charge >= 0.3 is 0 Å². The molecule has 0 radical (unpaired) electrons. The van der Waals surface area contributed by atoms with Crippen LogP contribution in [-0.4, -0.2) is 12.0 Å². The lowest BCUT2D eigenvalue weighted by molar-refractivity contribution is -0.127. The number of aryl methyl sites for hydroxylation is 4. The highest BCUT2D eigenvalue weighted by molar-refractivity contribution is 5.81. The van der Waals surface area contributed by atoms with Gasteiger partial charge in [0.15, 0.2) is 6.10 Å². The van der Waals surface area contributed by atoms with Crippen molar-refractivity contribution < 1.29 is 9.53 Å². The van der Waals surface area contributed by atoms with E-state index in [1.807, 2.05) is 26.8 Å². The van der Waals surface area contributed by atoms with Gasteiger partial charge in [-0.25, -0.2) is 0 Å². The van der Waals surface area contributed by atoms with E-state index in [1.165, 1.54) is 16.7 Å². The zero-order chi connectivity index (χ0) is 20.3. The Morgan fingerprint density at radius 1 is 0.852 bits per heavy atom. The first-order chi connectivity index (χ1) is 12.6. The number of hydrogen-bond donors (Lipinski definition) is 1. The van der Waals surface area contributed by atoms with Gasteiger partial charge in [0.25, 0.3) is 5.91 Å². The molecule has 2 aromatic rings. The molecule has 3 heteroatoms. The topological polar surface area (TPSA) is 38.3 Å². The predicted octanol–water partition coefficient (Wildman–Crippen LogP) is 5.69. The number of carbonyl (C=O) groups excluding carboxylic acids is 1. The largest absolute Gasteiger partial charge is 0.481 e. The van der Waals surface area contributed by atoms with E-state index in [-0.39, 0.29) is 11.9 Å². The van der Waals surface area contributed by atoms with E-state index >= 15 is 0 Å². The Hall–Kier alpha value is -2.29. The molecule has 0 aliphatic carbocycles. The smallest absolute Gasteiger partial charge is 0.261 e. The molecule has 0 aliphatic heterocycles. The molecule has 0 aliphatic rings. The minimum atomic E-state index is -0.557. The van der Waals surface area contributed by atoms with Crippen molar-refractivity contribution in [1.82, 2.24) is 5.32 Å². The molecule has 0 bridgehead atoms. The first-order valence-corrected chi connectivity index (χ1v) is 9.75. The molecule has 0 spiro atoms. The quantitative estimate of drug-likeness (QED) is 0.712. The van der Waals surface area contributed by atoms with Crippen molar-refractivity contribution >= 4 is 5.91 Å². The summed E-state index contributed by atoms with van der Waals surface area (Å²) in [4.78, 5) is 12.7. The number of hydrogen-bond acceptors (Lipinski definition) is 2. The molecule has 0 saturated heterocycles. The van der Waals surface area contributed by atoms with Gasteiger partial charge in [0.2, 0.25) is 0 Å². The van der Waals surface area contributed by atoms with E-state index in [4.69, 9.17) is 4.74 Å². The van der Waals surface area contributed by atoms with E-state index in [1.54, 1.807) is 0 Å². The Morgan fingerprint density at radius 3 is 2.11 bits per heavy atom. The monoisotopic (exact) mass is 367 g/mol. The highest BCUT2D eigenvalue weighted by Crippen LogP contribution is 2.28. The molecule has 0 aromatic heterocycles. The summed E-state index contributed by atoms with van der Waals surface area (Å²) in [7, 11) is 0. The number of ether oxygens (including phenoxy) is 1. The van der Waals surface area contributed by atoms with Gasteiger partial charge in [0.05, 0.1) is 6.04 Å². The summed E-state index contributed by atoms with van der Waals surface area (Å²) >= 11 is 0. The highest BCUT2D eigenvalue weighted by Gasteiger charge is 2.20. The minimum Gasteiger partial charge on any atom is -0.481 e. The van der Waals surface area contributed by atoms with Gasteiger partial charge in [0, 0.05) is 0 Å². The van der Waals surface area contributed by atoms with Crippen molar-refractivity contribution in [3.63, 3.8) is 0 Å². The molecule has 0 unspecified atom stereocenters. The second-order valence-corrected chi connectivity index (χ2v) is 7.98. The molecule has 2 atom stereocenters. The Morgan fingerprint density at radius 2 is 1.48 bits per heavy atom. The number of benzene rings is 2. The van der Waals surface area contributed by atoms with E-state index in [0.717, 1.165) is 22.4 Å². The van der Waals surface area contributed by atoms with Gasteiger partial charge in [0.1, 0.15) is 5.75 Å². The highest BCUT2D eigenvalue weighted by atomic mass is 16.5. The van der Waals surface area contributed by atoms with Crippen molar-refractivity contribution in [2.45, 2.75) is 73.5 Å². The molecule has 0 saturated carbocycles. The zero-order valence-corrected chi connectivity index (χ0v) is 17.9. The lowest BCUT2D eigenvalue weighted by atomic mass is 9.96. The van der Waals surface area contributed by atoms with Crippen LogP contribution in [0.25, 0.3) is 0 Å². The Balaban J connectivity index is 2.12. The van der Waals surface area contributed by atoms with Crippen LogP contribution in [0.2, 0.25) is 0 Å². The molecule has 146 valence electrons. The molecule has 1 amide bonds. The maximum absolute atomic E-state index is 12.7. The third-order valence-corrected chi connectivity index (χ3v) is 5.17. The summed E-state index contributed by atoms with van der Waals surface area (Å²) < 4.78 is 6.05. The average molecular weight is 368 g/mol. The lowest BCUT2D eigenvalue weighted by Crippen LogP contribution is -2.38. The van der Waals surface area contributed by atoms with Gasteiger partial charge in [-0.2, -0.15) is 0 Å². The molecule has 3 nitrogen and oxygen atoms in total. The number of amides is 1. The van der Waals surface area contributed by atoms with E-state index < -0.39 is 6.10 Å². The van der Waals surface area contributed by atoms with Crippen LogP contribution < -0.4 is 10.1 Å². The van der Waals surface area contributed by atoms with Crippen molar-refractivity contribution in [1.29, 1.82) is 0 Å². The lowest BCUT2D eigenvalue weighted by Gasteiger charge is -2.23. The third-order valence-electron chi connectivity index (χ3n) is 5.17. The second-order valence-electron chi connectivity index (χ2n) is 7.98. The van der Waals surface area contributed by atoms with Crippen LogP contribution in [0.3, 0.4) is 0 Å². The van der Waals surface area contributed by atoms with Crippen LogP contribution in [0.5, 0.6) is 5.75 Å². The molecule has 2 aromatic carbocycles. The summed E-state index contributed by atoms with van der Waals surface area (Å²) in [6.45, 7) is 16.4. The average Bonchev–Trinajstić information content (AvgIpc) is 2.57. The predicted molar refractivity (Wildman–Crippen MR) is 113 cm³/mol. The summed E-state index contributed by atoms with van der Waals surface area (Å²) in [5, 5.41) is 3.10. The van der Waals surface area contributed by atoms with Crippen molar-refractivity contribution in [3.05, 3.63) is 63.7 Å². The Kier molecular flexibility index (Phi) is 6.69. The van der Waals surface area contributed by atoms with Crippen LogP contribution >= 0.6 is 0 Å². The van der Waals surface area contributed by atoms with Crippen molar-refractivity contribution in [2.24, 2.45) is 0 Å². The van der Waals surface area contributed by atoms with Crippen LogP contribution in [-0.2, 0) is 4.79 Å². The molecular formula is C24H33NO2. The fourth-order valence-electron chi connectivity index (χ4n) is 3.32.